The van der Waals surface area contributed by atoms with E-state index in [4.69, 9.17) is 4.74 Å². The second kappa shape index (κ2) is 8.46. The van der Waals surface area contributed by atoms with Gasteiger partial charge in [-0.15, -0.1) is 0 Å². The molecule has 0 unspecified atom stereocenters. The molecule has 30 heavy (non-hydrogen) atoms. The second-order valence-corrected chi connectivity index (χ2v) is 8.64. The number of hydrogen-bond acceptors (Lipinski definition) is 8. The van der Waals surface area contributed by atoms with Crippen molar-refractivity contribution in [3.8, 4) is 0 Å². The Bertz CT molecular complexity index is 1040. The van der Waals surface area contributed by atoms with Crippen molar-refractivity contribution in [2.75, 3.05) is 36.1 Å². The van der Waals surface area contributed by atoms with Gasteiger partial charge in [-0.2, -0.15) is 0 Å². The number of sulfonamides is 1. The number of anilines is 2. The Labute approximate surface area is 173 Å². The van der Waals surface area contributed by atoms with E-state index in [0.29, 0.717) is 24.7 Å². The number of carbonyl (C=O) groups excluding carboxylic acids is 2. The number of hydrogen-bond donors (Lipinski definition) is 1. The van der Waals surface area contributed by atoms with E-state index in [0.717, 1.165) is 23.8 Å². The lowest BCUT2D eigenvalue weighted by Crippen LogP contribution is -2.37. The van der Waals surface area contributed by atoms with Gasteiger partial charge >= 0.3 is 0 Å². The molecule has 0 spiro atoms. The first-order valence-electron chi connectivity index (χ1n) is 9.54. The fourth-order valence-electron chi connectivity index (χ4n) is 3.32. The molecule has 3 heterocycles. The maximum absolute atomic E-state index is 12.6. The van der Waals surface area contributed by atoms with E-state index >= 15 is 0 Å². The first-order valence-corrected chi connectivity index (χ1v) is 11.0. The molecule has 158 valence electrons. The molecule has 4 rings (SSSR count). The number of benzene rings is 1. The minimum absolute atomic E-state index is 0.0229. The molecule has 1 aromatic heterocycles. The minimum atomic E-state index is -3.82. The summed E-state index contributed by atoms with van der Waals surface area (Å²) in [5.74, 6) is 0.510. The van der Waals surface area contributed by atoms with Crippen molar-refractivity contribution in [3.63, 3.8) is 0 Å². The SMILES string of the molecule is O=C1CCC(=O)N1c1ccc(S(=O)(=O)NCc2nccc(N3CCOCC3)n2)cc1. The molecule has 2 amide bonds. The molecule has 1 aromatic carbocycles. The molecule has 0 radical (unpaired) electrons. The Balaban J connectivity index is 1.43. The fourth-order valence-corrected chi connectivity index (χ4v) is 4.30. The predicted octanol–water partition coefficient (Wildman–Crippen LogP) is 0.445. The van der Waals surface area contributed by atoms with Crippen LogP contribution >= 0.6 is 0 Å². The van der Waals surface area contributed by atoms with Crippen LogP contribution < -0.4 is 14.5 Å². The zero-order valence-electron chi connectivity index (χ0n) is 16.2. The highest BCUT2D eigenvalue weighted by atomic mass is 32.2. The van der Waals surface area contributed by atoms with Crippen LogP contribution in [0.3, 0.4) is 0 Å². The monoisotopic (exact) mass is 431 g/mol. The van der Waals surface area contributed by atoms with Gasteiger partial charge in [-0.05, 0) is 30.3 Å². The molecule has 1 N–H and O–H groups in total. The third-order valence-corrected chi connectivity index (χ3v) is 6.32. The van der Waals surface area contributed by atoms with Crippen molar-refractivity contribution < 1.29 is 22.7 Å². The summed E-state index contributed by atoms with van der Waals surface area (Å²) in [6, 6.07) is 7.41. The van der Waals surface area contributed by atoms with Gasteiger partial charge in [0.05, 0.1) is 30.3 Å². The molecule has 2 fully saturated rings. The predicted molar refractivity (Wildman–Crippen MR) is 107 cm³/mol. The van der Waals surface area contributed by atoms with Crippen molar-refractivity contribution in [3.05, 3.63) is 42.4 Å². The largest absolute Gasteiger partial charge is 0.378 e. The molecule has 0 aliphatic carbocycles. The summed E-state index contributed by atoms with van der Waals surface area (Å²) in [6.45, 7) is 2.62. The number of amides is 2. The van der Waals surface area contributed by atoms with Gasteiger partial charge in [0.2, 0.25) is 21.8 Å². The maximum atomic E-state index is 12.6. The number of nitrogens with one attached hydrogen (secondary N) is 1. The molecule has 10 nitrogen and oxygen atoms in total. The molecule has 0 saturated carbocycles. The van der Waals surface area contributed by atoms with Crippen LogP contribution in [-0.4, -0.2) is 56.5 Å². The average molecular weight is 431 g/mol. The summed E-state index contributed by atoms with van der Waals surface area (Å²) >= 11 is 0. The summed E-state index contributed by atoms with van der Waals surface area (Å²) in [6.07, 6.45) is 1.94. The van der Waals surface area contributed by atoms with Gasteiger partial charge in [0.1, 0.15) is 11.6 Å². The highest BCUT2D eigenvalue weighted by Crippen LogP contribution is 2.24. The smallest absolute Gasteiger partial charge is 0.240 e. The van der Waals surface area contributed by atoms with Gasteiger partial charge in [0, 0.05) is 32.1 Å². The van der Waals surface area contributed by atoms with Crippen molar-refractivity contribution >= 4 is 33.3 Å². The van der Waals surface area contributed by atoms with E-state index in [-0.39, 0.29) is 36.1 Å². The van der Waals surface area contributed by atoms with E-state index in [2.05, 4.69) is 19.6 Å². The quantitative estimate of drug-likeness (QED) is 0.654. The van der Waals surface area contributed by atoms with Crippen molar-refractivity contribution in [1.29, 1.82) is 0 Å². The van der Waals surface area contributed by atoms with Crippen LogP contribution in [-0.2, 0) is 30.9 Å². The van der Waals surface area contributed by atoms with E-state index in [1.54, 1.807) is 12.3 Å². The normalized spacial score (nSPS) is 17.6. The van der Waals surface area contributed by atoms with Gasteiger partial charge in [-0.1, -0.05) is 0 Å². The van der Waals surface area contributed by atoms with Crippen LogP contribution in [0, 0.1) is 0 Å². The molecule has 2 aliphatic rings. The summed E-state index contributed by atoms with van der Waals surface area (Å²) < 4.78 is 33.0. The highest BCUT2D eigenvalue weighted by Gasteiger charge is 2.30. The number of imide groups is 1. The lowest BCUT2D eigenvalue weighted by Gasteiger charge is -2.27. The second-order valence-electron chi connectivity index (χ2n) is 6.87. The number of morpholine rings is 1. The Kier molecular flexibility index (Phi) is 5.75. The molecule has 0 bridgehead atoms. The number of carbonyl (C=O) groups is 2. The number of ether oxygens (including phenoxy) is 1. The van der Waals surface area contributed by atoms with Crippen LogP contribution in [0.5, 0.6) is 0 Å². The Morgan fingerprint density at radius 3 is 2.33 bits per heavy atom. The standard InChI is InChI=1S/C19H21N5O5S/c25-18-5-6-19(26)24(18)14-1-3-15(4-2-14)30(27,28)21-13-16-20-8-7-17(22-16)23-9-11-29-12-10-23/h1-4,7-8,21H,5-6,9-13H2. The molecule has 2 saturated heterocycles. The molecule has 0 atom stereocenters. The fraction of sp³-hybridized carbons (Fsp3) is 0.368. The summed E-state index contributed by atoms with van der Waals surface area (Å²) in [4.78, 5) is 35.4. The zero-order chi connectivity index (χ0) is 21.1. The van der Waals surface area contributed by atoms with Crippen LogP contribution in [0.15, 0.2) is 41.4 Å². The van der Waals surface area contributed by atoms with Crippen molar-refractivity contribution in [2.45, 2.75) is 24.3 Å². The first kappa shape index (κ1) is 20.4. The highest BCUT2D eigenvalue weighted by molar-refractivity contribution is 7.89. The Morgan fingerprint density at radius 1 is 1.00 bits per heavy atom. The Hall–Kier alpha value is -2.89. The first-order chi connectivity index (χ1) is 14.4. The molecule has 2 aromatic rings. The Morgan fingerprint density at radius 2 is 1.67 bits per heavy atom. The molecular weight excluding hydrogens is 410 g/mol. The van der Waals surface area contributed by atoms with Crippen LogP contribution in [0.1, 0.15) is 18.7 Å². The maximum Gasteiger partial charge on any atom is 0.240 e. The van der Waals surface area contributed by atoms with Gasteiger partial charge in [0.15, 0.2) is 0 Å². The number of nitrogens with zero attached hydrogens (tertiary/aromatic N) is 4. The average Bonchev–Trinajstić information content (AvgIpc) is 3.11. The lowest BCUT2D eigenvalue weighted by atomic mass is 10.3. The molecular formula is C19H21N5O5S. The van der Waals surface area contributed by atoms with E-state index < -0.39 is 10.0 Å². The topological polar surface area (TPSA) is 122 Å². The third kappa shape index (κ3) is 4.32. The third-order valence-electron chi connectivity index (χ3n) is 4.90. The van der Waals surface area contributed by atoms with Gasteiger partial charge in [0.25, 0.3) is 0 Å². The minimum Gasteiger partial charge on any atom is -0.378 e. The summed E-state index contributed by atoms with van der Waals surface area (Å²) in [7, 11) is -3.82. The zero-order valence-corrected chi connectivity index (χ0v) is 17.0. The van der Waals surface area contributed by atoms with E-state index in [1.165, 1.54) is 24.3 Å². The van der Waals surface area contributed by atoms with E-state index in [9.17, 15) is 18.0 Å². The number of aromatic nitrogens is 2. The van der Waals surface area contributed by atoms with E-state index in [1.807, 2.05) is 0 Å². The van der Waals surface area contributed by atoms with Gasteiger partial charge in [-0.25, -0.2) is 23.1 Å². The van der Waals surface area contributed by atoms with Crippen molar-refractivity contribution in [1.82, 2.24) is 14.7 Å². The molecule has 2 aliphatic heterocycles. The summed E-state index contributed by atoms with van der Waals surface area (Å²) in [5, 5.41) is 0. The lowest BCUT2D eigenvalue weighted by molar-refractivity contribution is -0.121. The van der Waals surface area contributed by atoms with Crippen LogP contribution in [0.4, 0.5) is 11.5 Å². The van der Waals surface area contributed by atoms with Gasteiger partial charge in [-0.3, -0.25) is 14.5 Å². The van der Waals surface area contributed by atoms with Crippen molar-refractivity contribution in [2.24, 2.45) is 0 Å². The summed E-state index contributed by atoms with van der Waals surface area (Å²) in [5.41, 5.74) is 0.364. The number of rotatable bonds is 6. The molecule has 11 heteroatoms. The van der Waals surface area contributed by atoms with Crippen LogP contribution in [0.2, 0.25) is 0 Å². The van der Waals surface area contributed by atoms with Gasteiger partial charge < -0.3 is 9.64 Å². The van der Waals surface area contributed by atoms with Crippen LogP contribution in [0.25, 0.3) is 0 Å².